The summed E-state index contributed by atoms with van der Waals surface area (Å²) in [6.07, 6.45) is -8.52. The van der Waals surface area contributed by atoms with Crippen molar-refractivity contribution < 1.29 is 55.5 Å². The van der Waals surface area contributed by atoms with Gasteiger partial charge in [0.25, 0.3) is 0 Å². The number of benzene rings is 3. The molecule has 6 rings (SSSR count). The maximum absolute atomic E-state index is 14.1. The number of phenolic OH excluding ortho intramolecular Hbond substituents is 1. The highest BCUT2D eigenvalue weighted by molar-refractivity contribution is 6.43. The summed E-state index contributed by atoms with van der Waals surface area (Å²) in [5, 5.41) is 21.3. The lowest BCUT2D eigenvalue weighted by atomic mass is 9.58. The Labute approximate surface area is 296 Å². The number of ether oxygens (including phenoxy) is 1. The van der Waals surface area contributed by atoms with Crippen molar-refractivity contribution in [1.82, 2.24) is 0 Å². The summed E-state index contributed by atoms with van der Waals surface area (Å²) < 4.78 is 94.0. The molecule has 3 aromatic rings. The number of halogens is 6. The number of phenols is 1. The lowest BCUT2D eigenvalue weighted by Crippen LogP contribution is -2.46. The highest BCUT2D eigenvalue weighted by Crippen LogP contribution is 2.52. The van der Waals surface area contributed by atoms with Crippen LogP contribution in [0.25, 0.3) is 11.6 Å². The monoisotopic (exact) mass is 727 g/mol. The number of fused-ring (bicyclic) bond motifs is 3. The first kappa shape index (κ1) is 37.4. The van der Waals surface area contributed by atoms with Crippen LogP contribution in [0.1, 0.15) is 52.6 Å². The second-order valence-electron chi connectivity index (χ2n) is 13.6. The van der Waals surface area contributed by atoms with Crippen LogP contribution >= 0.6 is 0 Å². The molecule has 2 saturated heterocycles. The quantitative estimate of drug-likeness (QED) is 0.0803. The third-order valence-electron chi connectivity index (χ3n) is 10.1. The fourth-order valence-electron chi connectivity index (χ4n) is 7.91. The lowest BCUT2D eigenvalue weighted by molar-refractivity contribution is -0.143. The second-order valence-corrected chi connectivity index (χ2v) is 13.6. The van der Waals surface area contributed by atoms with Crippen LogP contribution in [0.15, 0.2) is 71.8 Å². The number of amides is 2. The standard InChI is InChI=1S/C38H36BF6NO6/c1-20-11-22(12-21(2)34(20)47)13-24(23-7-5-4-6-8-23)9-10-31-32-25(19-51-3)14-29-33(30(32)18-39(50)52-31)36(49)46(35(29)48)28-16-26(37(40,41)42)15-27(17-28)38(43,44)45/h4-8,11-13,15-17,29-31,33,47,50H,9-10,14,18-19H2,1-3H3/b24-13-/t29-,30+,31-,33-/m1/s1. The predicted molar refractivity (Wildman–Crippen MR) is 182 cm³/mol. The minimum absolute atomic E-state index is 0.0279. The van der Waals surface area contributed by atoms with Gasteiger partial charge in [-0.15, -0.1) is 0 Å². The number of hydrogen-bond donors (Lipinski definition) is 2. The number of alkyl halides is 6. The van der Waals surface area contributed by atoms with E-state index in [1.54, 1.807) is 13.8 Å². The Morgan fingerprint density at radius 2 is 1.56 bits per heavy atom. The van der Waals surface area contributed by atoms with E-state index in [2.05, 4.69) is 0 Å². The molecule has 7 nitrogen and oxygen atoms in total. The van der Waals surface area contributed by atoms with Gasteiger partial charge in [-0.2, -0.15) is 26.3 Å². The van der Waals surface area contributed by atoms with E-state index in [1.165, 1.54) is 7.11 Å². The first-order valence-corrected chi connectivity index (χ1v) is 16.8. The maximum Gasteiger partial charge on any atom is 0.455 e. The van der Waals surface area contributed by atoms with Crippen molar-refractivity contribution >= 4 is 36.3 Å². The minimum Gasteiger partial charge on any atom is -0.507 e. The summed E-state index contributed by atoms with van der Waals surface area (Å²) in [6.45, 7) is 3.64. The Kier molecular flexibility index (Phi) is 10.2. The Morgan fingerprint density at radius 3 is 2.13 bits per heavy atom. The van der Waals surface area contributed by atoms with E-state index >= 15 is 0 Å². The van der Waals surface area contributed by atoms with Gasteiger partial charge in [0.2, 0.25) is 11.8 Å². The highest BCUT2D eigenvalue weighted by atomic mass is 19.4. The molecule has 0 aromatic heterocycles. The van der Waals surface area contributed by atoms with Crippen molar-refractivity contribution in [1.29, 1.82) is 0 Å². The first-order valence-electron chi connectivity index (χ1n) is 16.8. The number of nitrogens with zero attached hydrogens (tertiary/aromatic N) is 1. The lowest BCUT2D eigenvalue weighted by Gasteiger charge is -2.43. The Bertz CT molecular complexity index is 1890. The van der Waals surface area contributed by atoms with E-state index < -0.39 is 72.0 Å². The van der Waals surface area contributed by atoms with Crippen LogP contribution in [0.3, 0.4) is 0 Å². The maximum atomic E-state index is 14.1. The number of hydrogen-bond acceptors (Lipinski definition) is 6. The molecule has 3 aliphatic rings. The van der Waals surface area contributed by atoms with Gasteiger partial charge in [0, 0.05) is 7.11 Å². The third-order valence-corrected chi connectivity index (χ3v) is 10.1. The zero-order valence-electron chi connectivity index (χ0n) is 28.5. The van der Waals surface area contributed by atoms with Crippen molar-refractivity contribution in [3.63, 3.8) is 0 Å². The molecule has 2 aliphatic heterocycles. The number of rotatable bonds is 8. The van der Waals surface area contributed by atoms with Crippen LogP contribution < -0.4 is 4.90 Å². The summed E-state index contributed by atoms with van der Waals surface area (Å²) in [5.41, 5.74) is 1.25. The molecule has 0 unspecified atom stereocenters. The van der Waals surface area contributed by atoms with E-state index in [0.717, 1.165) is 16.7 Å². The van der Waals surface area contributed by atoms with Crippen LogP contribution in [0.2, 0.25) is 6.32 Å². The molecular formula is C38H36BF6NO6. The molecule has 0 saturated carbocycles. The van der Waals surface area contributed by atoms with Gasteiger partial charge in [-0.05, 0) is 115 Å². The SMILES string of the molecule is COCC1=C2[C@@H](CC/C(=C/c3cc(C)c(O)c(C)c3)c3ccccc3)OB(O)C[C@@H]2[C@@H]2C(=O)N(c3cc(C(F)(F)F)cc(C(F)(F)F)c3)C(=O)[C@@H]2C1. The molecule has 0 bridgehead atoms. The summed E-state index contributed by atoms with van der Waals surface area (Å²) in [5.74, 6) is -4.69. The normalized spacial score (nSPS) is 22.6. The van der Waals surface area contributed by atoms with Gasteiger partial charge >= 0.3 is 19.5 Å². The van der Waals surface area contributed by atoms with Crippen LogP contribution in [0, 0.1) is 31.6 Å². The van der Waals surface area contributed by atoms with E-state index in [0.29, 0.717) is 52.1 Å². The average Bonchev–Trinajstić information content (AvgIpc) is 3.33. The van der Waals surface area contributed by atoms with E-state index in [-0.39, 0.29) is 31.2 Å². The van der Waals surface area contributed by atoms with Gasteiger partial charge in [0.15, 0.2) is 0 Å². The fourth-order valence-corrected chi connectivity index (χ4v) is 7.91. The van der Waals surface area contributed by atoms with Gasteiger partial charge < -0.3 is 19.5 Å². The topological polar surface area (TPSA) is 96.3 Å². The number of aromatic hydroxyl groups is 1. The third kappa shape index (κ3) is 7.28. The van der Waals surface area contributed by atoms with Crippen LogP contribution in [0.4, 0.5) is 32.0 Å². The summed E-state index contributed by atoms with van der Waals surface area (Å²) in [6, 6.07) is 14.0. The number of imide groups is 1. The Morgan fingerprint density at radius 1 is 0.942 bits per heavy atom. The molecule has 2 amide bonds. The van der Waals surface area contributed by atoms with Crippen molar-refractivity contribution in [2.45, 2.75) is 57.9 Å². The Hall–Kier alpha value is -4.40. The van der Waals surface area contributed by atoms with Crippen molar-refractivity contribution in [3.8, 4) is 5.75 Å². The number of methoxy groups -OCH3 is 1. The number of allylic oxidation sites excluding steroid dienone is 1. The molecule has 0 spiro atoms. The van der Waals surface area contributed by atoms with E-state index in [9.17, 15) is 46.1 Å². The molecule has 1 aliphatic carbocycles. The van der Waals surface area contributed by atoms with Crippen LogP contribution in [0.5, 0.6) is 5.75 Å². The molecule has 52 heavy (non-hydrogen) atoms. The highest BCUT2D eigenvalue weighted by Gasteiger charge is 2.58. The molecule has 2 fully saturated rings. The zero-order valence-corrected chi connectivity index (χ0v) is 28.5. The van der Waals surface area contributed by atoms with Crippen molar-refractivity contribution in [2.75, 3.05) is 18.6 Å². The summed E-state index contributed by atoms with van der Waals surface area (Å²) in [7, 11) is 0.0742. The molecule has 0 radical (unpaired) electrons. The van der Waals surface area contributed by atoms with E-state index in [4.69, 9.17) is 9.39 Å². The minimum atomic E-state index is -5.18. The molecular weight excluding hydrogens is 691 g/mol. The molecule has 274 valence electrons. The summed E-state index contributed by atoms with van der Waals surface area (Å²) in [4.78, 5) is 28.3. The molecule has 2 heterocycles. The number of carbonyl (C=O) groups excluding carboxylic acids is 2. The predicted octanol–water partition coefficient (Wildman–Crippen LogP) is 8.02. The molecule has 3 aromatic carbocycles. The average molecular weight is 728 g/mol. The van der Waals surface area contributed by atoms with Gasteiger partial charge in [-0.3, -0.25) is 9.59 Å². The summed E-state index contributed by atoms with van der Waals surface area (Å²) >= 11 is 0. The fraction of sp³-hybridized carbons (Fsp3) is 0.368. The van der Waals surface area contributed by atoms with Crippen molar-refractivity contribution in [2.24, 2.45) is 17.8 Å². The molecule has 14 heteroatoms. The smallest absolute Gasteiger partial charge is 0.455 e. The van der Waals surface area contributed by atoms with Gasteiger partial charge in [-0.1, -0.05) is 36.4 Å². The number of carbonyl (C=O) groups is 2. The Balaban J connectivity index is 1.36. The van der Waals surface area contributed by atoms with Gasteiger partial charge in [0.1, 0.15) is 5.75 Å². The number of aryl methyl sites for hydroxylation is 2. The molecule has 2 N–H and O–H groups in total. The van der Waals surface area contributed by atoms with Crippen LogP contribution in [-0.2, 0) is 31.3 Å². The van der Waals surface area contributed by atoms with Gasteiger partial charge in [0.05, 0.1) is 41.4 Å². The van der Waals surface area contributed by atoms with E-state index in [1.807, 2.05) is 48.5 Å². The van der Waals surface area contributed by atoms with Crippen molar-refractivity contribution in [3.05, 3.63) is 105 Å². The largest absolute Gasteiger partial charge is 0.507 e. The van der Waals surface area contributed by atoms with Gasteiger partial charge in [-0.25, -0.2) is 4.90 Å². The first-order chi connectivity index (χ1) is 24.5. The zero-order chi connectivity index (χ0) is 37.7. The molecule has 4 atom stereocenters. The van der Waals surface area contributed by atoms with Crippen LogP contribution in [-0.4, -0.2) is 48.9 Å². The number of anilines is 1. The second kappa shape index (κ2) is 14.2.